The maximum atomic E-state index is 13.5. The molecule has 0 bridgehead atoms. The SMILES string of the molecule is C[C@H](COc1cc2[nH]c(=O)[nH]c2cn1)NC(=O)c1cccn(Cc2cc(F)c(F)c(F)c2)c1=O. The summed E-state index contributed by atoms with van der Waals surface area (Å²) >= 11 is 0. The Bertz CT molecular complexity index is 1470. The average Bonchev–Trinajstić information content (AvgIpc) is 3.16. The van der Waals surface area contributed by atoms with Crippen LogP contribution in [0.2, 0.25) is 0 Å². The Labute approximate surface area is 189 Å². The molecule has 0 saturated heterocycles. The molecule has 1 amide bonds. The van der Waals surface area contributed by atoms with Crippen molar-refractivity contribution in [2.45, 2.75) is 19.5 Å². The lowest BCUT2D eigenvalue weighted by Crippen LogP contribution is -2.40. The largest absolute Gasteiger partial charge is 0.475 e. The predicted octanol–water partition coefficient (Wildman–Crippen LogP) is 2.08. The molecule has 0 aliphatic heterocycles. The average molecular weight is 473 g/mol. The molecule has 9 nitrogen and oxygen atoms in total. The van der Waals surface area contributed by atoms with E-state index >= 15 is 0 Å². The summed E-state index contributed by atoms with van der Waals surface area (Å²) in [7, 11) is 0. The molecule has 0 radical (unpaired) electrons. The Kier molecular flexibility index (Phi) is 6.21. The van der Waals surface area contributed by atoms with Gasteiger partial charge < -0.3 is 24.6 Å². The molecule has 0 fully saturated rings. The van der Waals surface area contributed by atoms with Gasteiger partial charge in [0.05, 0.1) is 29.8 Å². The second-order valence-corrected chi connectivity index (χ2v) is 7.56. The van der Waals surface area contributed by atoms with Crippen LogP contribution in [0.3, 0.4) is 0 Å². The molecular formula is C22H18F3N5O4. The van der Waals surface area contributed by atoms with Gasteiger partial charge in [0.1, 0.15) is 12.2 Å². The lowest BCUT2D eigenvalue weighted by atomic mass is 10.2. The topological polar surface area (TPSA) is 122 Å². The number of carbonyl (C=O) groups is 1. The fourth-order valence-electron chi connectivity index (χ4n) is 3.28. The molecule has 0 spiro atoms. The third-order valence-corrected chi connectivity index (χ3v) is 4.90. The van der Waals surface area contributed by atoms with Crippen LogP contribution in [0.25, 0.3) is 11.0 Å². The lowest BCUT2D eigenvalue weighted by Gasteiger charge is -2.15. The van der Waals surface area contributed by atoms with Crippen molar-refractivity contribution < 1.29 is 22.7 Å². The zero-order chi connectivity index (χ0) is 24.4. The maximum Gasteiger partial charge on any atom is 0.323 e. The molecule has 176 valence electrons. The quantitative estimate of drug-likeness (QED) is 0.355. The smallest absolute Gasteiger partial charge is 0.323 e. The summed E-state index contributed by atoms with van der Waals surface area (Å²) in [5.74, 6) is -4.79. The van der Waals surface area contributed by atoms with Crippen molar-refractivity contribution in [1.29, 1.82) is 0 Å². The lowest BCUT2D eigenvalue weighted by molar-refractivity contribution is 0.0923. The molecule has 0 aliphatic rings. The van der Waals surface area contributed by atoms with Crippen LogP contribution >= 0.6 is 0 Å². The Morgan fingerprint density at radius 3 is 2.59 bits per heavy atom. The predicted molar refractivity (Wildman–Crippen MR) is 115 cm³/mol. The fraction of sp³-hybridized carbons (Fsp3) is 0.182. The van der Waals surface area contributed by atoms with Gasteiger partial charge >= 0.3 is 5.69 Å². The molecule has 12 heteroatoms. The number of H-pyrrole nitrogens is 2. The van der Waals surface area contributed by atoms with Crippen LogP contribution in [0.5, 0.6) is 5.88 Å². The number of benzene rings is 1. The molecule has 4 rings (SSSR count). The first-order chi connectivity index (χ1) is 16.2. The number of carbonyl (C=O) groups excluding carboxylic acids is 1. The Balaban J connectivity index is 1.42. The van der Waals surface area contributed by atoms with Crippen molar-refractivity contribution in [1.82, 2.24) is 24.8 Å². The fourth-order valence-corrected chi connectivity index (χ4v) is 3.28. The van der Waals surface area contributed by atoms with Crippen molar-refractivity contribution in [3.8, 4) is 5.88 Å². The third-order valence-electron chi connectivity index (χ3n) is 4.90. The van der Waals surface area contributed by atoms with Gasteiger partial charge in [-0.2, -0.15) is 0 Å². The summed E-state index contributed by atoms with van der Waals surface area (Å²) in [5.41, 5.74) is -0.213. The molecule has 1 aromatic carbocycles. The number of fused-ring (bicyclic) bond motifs is 1. The Hall–Kier alpha value is -4.35. The second kappa shape index (κ2) is 9.25. The van der Waals surface area contributed by atoms with E-state index < -0.39 is 35.0 Å². The summed E-state index contributed by atoms with van der Waals surface area (Å²) in [6, 6.07) is 5.31. The minimum absolute atomic E-state index is 0.0195. The number of halogens is 3. The number of hydrogen-bond acceptors (Lipinski definition) is 5. The Morgan fingerprint density at radius 2 is 1.85 bits per heavy atom. The van der Waals surface area contributed by atoms with E-state index in [4.69, 9.17) is 4.74 Å². The molecule has 4 aromatic rings. The van der Waals surface area contributed by atoms with Crippen molar-refractivity contribution in [3.05, 3.63) is 92.1 Å². The van der Waals surface area contributed by atoms with Crippen molar-refractivity contribution >= 4 is 16.9 Å². The molecule has 34 heavy (non-hydrogen) atoms. The van der Waals surface area contributed by atoms with Gasteiger partial charge in [-0.3, -0.25) is 9.59 Å². The van der Waals surface area contributed by atoms with Crippen LogP contribution < -0.4 is 21.3 Å². The van der Waals surface area contributed by atoms with E-state index in [1.807, 2.05) is 0 Å². The van der Waals surface area contributed by atoms with E-state index in [1.165, 1.54) is 30.6 Å². The van der Waals surface area contributed by atoms with Gasteiger partial charge in [0.15, 0.2) is 17.5 Å². The Morgan fingerprint density at radius 1 is 1.15 bits per heavy atom. The summed E-state index contributed by atoms with van der Waals surface area (Å²) in [6.07, 6.45) is 2.77. The highest BCUT2D eigenvalue weighted by Crippen LogP contribution is 2.15. The molecule has 1 atom stereocenters. The maximum absolute atomic E-state index is 13.5. The summed E-state index contributed by atoms with van der Waals surface area (Å²) in [5, 5.41) is 2.63. The number of aromatic amines is 2. The highest BCUT2D eigenvalue weighted by Gasteiger charge is 2.17. The summed E-state index contributed by atoms with van der Waals surface area (Å²) in [6.45, 7) is 1.41. The normalized spacial score (nSPS) is 12.0. The van der Waals surface area contributed by atoms with Gasteiger partial charge in [0, 0.05) is 12.3 Å². The number of ether oxygens (including phenoxy) is 1. The second-order valence-electron chi connectivity index (χ2n) is 7.56. The molecule has 3 aromatic heterocycles. The zero-order valence-electron chi connectivity index (χ0n) is 17.7. The van der Waals surface area contributed by atoms with E-state index in [2.05, 4.69) is 20.3 Å². The van der Waals surface area contributed by atoms with Crippen LogP contribution in [0.4, 0.5) is 13.2 Å². The number of nitrogens with zero attached hydrogens (tertiary/aromatic N) is 2. The van der Waals surface area contributed by atoms with Gasteiger partial charge in [-0.05, 0) is 36.8 Å². The molecular weight excluding hydrogens is 455 g/mol. The first kappa shape index (κ1) is 22.8. The number of rotatable bonds is 7. The van der Waals surface area contributed by atoms with Crippen molar-refractivity contribution in [2.24, 2.45) is 0 Å². The van der Waals surface area contributed by atoms with Crippen LogP contribution in [0.15, 0.2) is 52.3 Å². The molecule has 0 aliphatic carbocycles. The third kappa shape index (κ3) is 4.85. The molecule has 0 saturated carbocycles. The van der Waals surface area contributed by atoms with E-state index in [9.17, 15) is 27.6 Å². The number of hydrogen-bond donors (Lipinski definition) is 3. The molecule has 3 N–H and O–H groups in total. The number of amides is 1. The summed E-state index contributed by atoms with van der Waals surface area (Å²) in [4.78, 5) is 45.8. The minimum atomic E-state index is -1.60. The van der Waals surface area contributed by atoms with E-state index in [0.717, 1.165) is 16.7 Å². The van der Waals surface area contributed by atoms with Gasteiger partial charge in [0.25, 0.3) is 11.5 Å². The molecule has 3 heterocycles. The molecule has 0 unspecified atom stereocenters. The van der Waals surface area contributed by atoms with Gasteiger partial charge in [-0.15, -0.1) is 0 Å². The highest BCUT2D eigenvalue weighted by atomic mass is 19.2. The van der Waals surface area contributed by atoms with Crippen LogP contribution in [0, 0.1) is 17.5 Å². The first-order valence-corrected chi connectivity index (χ1v) is 10.1. The van der Waals surface area contributed by atoms with E-state index in [0.29, 0.717) is 11.0 Å². The van der Waals surface area contributed by atoms with Gasteiger partial charge in [0.2, 0.25) is 5.88 Å². The number of imidazole rings is 1. The zero-order valence-corrected chi connectivity index (χ0v) is 17.7. The number of aromatic nitrogens is 4. The van der Waals surface area contributed by atoms with Crippen molar-refractivity contribution in [3.63, 3.8) is 0 Å². The van der Waals surface area contributed by atoms with Crippen LogP contribution in [-0.4, -0.2) is 38.1 Å². The summed E-state index contributed by atoms with van der Waals surface area (Å²) < 4.78 is 46.7. The first-order valence-electron chi connectivity index (χ1n) is 10.1. The van der Waals surface area contributed by atoms with E-state index in [-0.39, 0.29) is 35.8 Å². The van der Waals surface area contributed by atoms with Gasteiger partial charge in [-0.25, -0.2) is 22.9 Å². The minimum Gasteiger partial charge on any atom is -0.475 e. The van der Waals surface area contributed by atoms with E-state index in [1.54, 1.807) is 6.92 Å². The van der Waals surface area contributed by atoms with Crippen LogP contribution in [0.1, 0.15) is 22.8 Å². The standard InChI is InChI=1S/C22H18F3N5O4/c1-11(10-34-18-7-16-17(8-26-18)29-22(33)28-16)27-20(31)13-3-2-4-30(21(13)32)9-12-5-14(23)19(25)15(24)6-12/h2-8,11H,9-10H2,1H3,(H,27,31)(H2,28,29,33)/t11-/m1/s1. The highest BCUT2D eigenvalue weighted by molar-refractivity contribution is 5.94. The van der Waals surface area contributed by atoms with Gasteiger partial charge in [-0.1, -0.05) is 0 Å². The number of nitrogens with one attached hydrogen (secondary N) is 3. The van der Waals surface area contributed by atoms with Crippen molar-refractivity contribution in [2.75, 3.05) is 6.61 Å². The van der Waals surface area contributed by atoms with Crippen LogP contribution in [-0.2, 0) is 6.54 Å². The monoisotopic (exact) mass is 473 g/mol. The number of pyridine rings is 2.